The number of hydrogen-bond acceptors (Lipinski definition) is 5. The van der Waals surface area contributed by atoms with E-state index in [-0.39, 0.29) is 5.91 Å². The van der Waals surface area contributed by atoms with Gasteiger partial charge in [0.05, 0.1) is 29.5 Å². The lowest BCUT2D eigenvalue weighted by molar-refractivity contribution is 0.1000. The monoisotopic (exact) mass is 424 g/mol. The zero-order valence-electron chi connectivity index (χ0n) is 16.1. The Bertz CT molecular complexity index is 1050. The van der Waals surface area contributed by atoms with E-state index in [2.05, 4.69) is 27.9 Å². The van der Waals surface area contributed by atoms with Crippen LogP contribution in [-0.2, 0) is 6.54 Å². The number of rotatable bonds is 4. The zero-order chi connectivity index (χ0) is 20.0. The second kappa shape index (κ2) is 7.43. The summed E-state index contributed by atoms with van der Waals surface area (Å²) in [5.41, 5.74) is 2.89. The molecule has 1 amide bonds. The van der Waals surface area contributed by atoms with Gasteiger partial charge in [0.15, 0.2) is 0 Å². The predicted octanol–water partition coefficient (Wildman–Crippen LogP) is 5.26. The molecule has 0 unspecified atom stereocenters. The van der Waals surface area contributed by atoms with Crippen molar-refractivity contribution >= 4 is 40.5 Å². The third kappa shape index (κ3) is 3.40. The number of carbonyl (C=O) groups excluding carboxylic acids is 1. The van der Waals surface area contributed by atoms with E-state index in [1.165, 1.54) is 24.2 Å². The van der Waals surface area contributed by atoms with Gasteiger partial charge in [-0.15, -0.1) is 11.3 Å². The molecule has 1 fully saturated rings. The molecule has 7 heteroatoms. The van der Waals surface area contributed by atoms with Crippen molar-refractivity contribution in [2.45, 2.75) is 26.3 Å². The van der Waals surface area contributed by atoms with Crippen molar-refractivity contribution in [2.75, 3.05) is 22.9 Å². The summed E-state index contributed by atoms with van der Waals surface area (Å²) < 4.78 is 0. The number of thiophene rings is 1. The van der Waals surface area contributed by atoms with E-state index in [9.17, 15) is 4.79 Å². The highest BCUT2D eigenvalue weighted by atomic mass is 35.5. The number of halogens is 1. The molecule has 0 aliphatic carbocycles. The quantitative estimate of drug-likeness (QED) is 0.573. The largest absolute Gasteiger partial charge is 0.341 e. The van der Waals surface area contributed by atoms with Crippen LogP contribution < -0.4 is 9.80 Å². The normalized spacial score (nSPS) is 18.6. The molecule has 1 atom stereocenters. The van der Waals surface area contributed by atoms with Crippen LogP contribution in [-0.4, -0.2) is 29.0 Å². The molecule has 3 aromatic rings. The highest BCUT2D eigenvalue weighted by molar-refractivity contribution is 7.17. The SMILES string of the molecule is CC[C@H]1CCN(c2ncc(N3Cc4cc(-c5ccc(Cl)cc5)sc4C3=O)cn2)C1. The highest BCUT2D eigenvalue weighted by Gasteiger charge is 2.32. The first-order valence-electron chi connectivity index (χ1n) is 9.90. The molecule has 5 rings (SSSR count). The summed E-state index contributed by atoms with van der Waals surface area (Å²) in [7, 11) is 0. The fraction of sp³-hybridized carbons (Fsp3) is 0.318. The van der Waals surface area contributed by atoms with E-state index in [0.717, 1.165) is 51.5 Å². The molecule has 1 aromatic carbocycles. The topological polar surface area (TPSA) is 49.3 Å². The fourth-order valence-electron chi connectivity index (χ4n) is 4.02. The Morgan fingerprint density at radius 3 is 2.62 bits per heavy atom. The average molecular weight is 425 g/mol. The van der Waals surface area contributed by atoms with E-state index < -0.39 is 0 Å². The van der Waals surface area contributed by atoms with E-state index in [4.69, 9.17) is 11.6 Å². The van der Waals surface area contributed by atoms with Gasteiger partial charge in [-0.2, -0.15) is 0 Å². The number of carbonyl (C=O) groups is 1. The molecule has 2 aliphatic rings. The van der Waals surface area contributed by atoms with Crippen LogP contribution in [0.1, 0.15) is 35.0 Å². The molecular formula is C22H21ClN4OS. The van der Waals surface area contributed by atoms with E-state index in [0.29, 0.717) is 11.6 Å². The third-order valence-corrected chi connectivity index (χ3v) is 7.25. The standard InChI is InChI=1S/C22H21ClN4OS/c1-2-14-7-8-26(12-14)22-24-10-18(11-25-22)27-13-16-9-19(29-20(16)21(27)28)15-3-5-17(23)6-4-15/h3-6,9-11,14H,2,7-8,12-13H2,1H3/t14-/m0/s1. The third-order valence-electron chi connectivity index (χ3n) is 5.79. The summed E-state index contributed by atoms with van der Waals surface area (Å²) in [6.45, 7) is 4.81. The van der Waals surface area contributed by atoms with Gasteiger partial charge in [0.2, 0.25) is 5.95 Å². The molecule has 148 valence electrons. The van der Waals surface area contributed by atoms with Crippen LogP contribution in [0, 0.1) is 5.92 Å². The van der Waals surface area contributed by atoms with Crippen LogP contribution in [0.4, 0.5) is 11.6 Å². The zero-order valence-corrected chi connectivity index (χ0v) is 17.7. The first kappa shape index (κ1) is 18.6. The number of benzene rings is 1. The number of hydrogen-bond donors (Lipinski definition) is 0. The summed E-state index contributed by atoms with van der Waals surface area (Å²) in [4.78, 5) is 27.9. The van der Waals surface area contributed by atoms with Crippen molar-refractivity contribution in [1.82, 2.24) is 9.97 Å². The molecule has 0 spiro atoms. The van der Waals surface area contributed by atoms with Gasteiger partial charge in [-0.25, -0.2) is 9.97 Å². The van der Waals surface area contributed by atoms with Gasteiger partial charge in [0, 0.05) is 23.0 Å². The Labute approximate surface area is 179 Å². The van der Waals surface area contributed by atoms with Gasteiger partial charge in [-0.05, 0) is 41.7 Å². The lowest BCUT2D eigenvalue weighted by Crippen LogP contribution is -2.25. The maximum atomic E-state index is 13.0. The minimum absolute atomic E-state index is 0.0220. The Hall–Kier alpha value is -2.44. The van der Waals surface area contributed by atoms with Crippen molar-refractivity contribution in [3.8, 4) is 10.4 Å². The van der Waals surface area contributed by atoms with Crippen LogP contribution in [0.3, 0.4) is 0 Å². The smallest absolute Gasteiger partial charge is 0.269 e. The summed E-state index contributed by atoms with van der Waals surface area (Å²) >= 11 is 7.51. The molecule has 2 aromatic heterocycles. The highest BCUT2D eigenvalue weighted by Crippen LogP contribution is 2.38. The van der Waals surface area contributed by atoms with Gasteiger partial charge in [-0.3, -0.25) is 4.79 Å². The van der Waals surface area contributed by atoms with Crippen LogP contribution in [0.5, 0.6) is 0 Å². The molecule has 1 saturated heterocycles. The van der Waals surface area contributed by atoms with Crippen molar-refractivity contribution < 1.29 is 4.79 Å². The number of anilines is 2. The minimum atomic E-state index is 0.0220. The number of nitrogens with zero attached hydrogens (tertiary/aromatic N) is 4. The first-order chi connectivity index (χ1) is 14.1. The summed E-state index contributed by atoms with van der Waals surface area (Å²) in [6, 6.07) is 9.82. The molecule has 2 aliphatic heterocycles. The molecule has 29 heavy (non-hydrogen) atoms. The Morgan fingerprint density at radius 2 is 1.97 bits per heavy atom. The summed E-state index contributed by atoms with van der Waals surface area (Å²) in [5.74, 6) is 1.51. The Balaban J connectivity index is 1.33. The number of amides is 1. The lowest BCUT2D eigenvalue weighted by atomic mass is 10.1. The predicted molar refractivity (Wildman–Crippen MR) is 118 cm³/mol. The molecule has 0 radical (unpaired) electrons. The van der Waals surface area contributed by atoms with Crippen molar-refractivity contribution in [3.05, 3.63) is 58.2 Å². The maximum absolute atomic E-state index is 13.0. The molecular weight excluding hydrogens is 404 g/mol. The maximum Gasteiger partial charge on any atom is 0.269 e. The van der Waals surface area contributed by atoms with Gasteiger partial charge >= 0.3 is 0 Å². The van der Waals surface area contributed by atoms with Crippen molar-refractivity contribution in [2.24, 2.45) is 5.92 Å². The first-order valence-corrected chi connectivity index (χ1v) is 11.1. The summed E-state index contributed by atoms with van der Waals surface area (Å²) in [6.07, 6.45) is 5.94. The fourth-order valence-corrected chi connectivity index (χ4v) is 5.27. The Morgan fingerprint density at radius 1 is 1.21 bits per heavy atom. The molecule has 4 heterocycles. The van der Waals surface area contributed by atoms with Crippen LogP contribution in [0.2, 0.25) is 5.02 Å². The van der Waals surface area contributed by atoms with Crippen molar-refractivity contribution in [3.63, 3.8) is 0 Å². The average Bonchev–Trinajstić information content (AvgIpc) is 3.45. The van der Waals surface area contributed by atoms with Crippen LogP contribution in [0.25, 0.3) is 10.4 Å². The second-order valence-electron chi connectivity index (χ2n) is 7.61. The number of fused-ring (bicyclic) bond motifs is 1. The van der Waals surface area contributed by atoms with E-state index in [1.807, 2.05) is 24.3 Å². The van der Waals surface area contributed by atoms with Crippen LogP contribution >= 0.6 is 22.9 Å². The molecule has 0 N–H and O–H groups in total. The molecule has 5 nitrogen and oxygen atoms in total. The minimum Gasteiger partial charge on any atom is -0.341 e. The Kier molecular flexibility index (Phi) is 4.76. The van der Waals surface area contributed by atoms with Crippen molar-refractivity contribution in [1.29, 1.82) is 0 Å². The lowest BCUT2D eigenvalue weighted by Gasteiger charge is -2.19. The van der Waals surface area contributed by atoms with Crippen LogP contribution in [0.15, 0.2) is 42.7 Å². The van der Waals surface area contributed by atoms with E-state index in [1.54, 1.807) is 17.3 Å². The second-order valence-corrected chi connectivity index (χ2v) is 9.10. The summed E-state index contributed by atoms with van der Waals surface area (Å²) in [5, 5.41) is 0.711. The van der Waals surface area contributed by atoms with Gasteiger partial charge in [0.1, 0.15) is 0 Å². The molecule has 0 saturated carbocycles. The van der Waals surface area contributed by atoms with E-state index >= 15 is 0 Å². The van der Waals surface area contributed by atoms with Gasteiger partial charge < -0.3 is 9.80 Å². The van der Waals surface area contributed by atoms with Gasteiger partial charge in [-0.1, -0.05) is 37.1 Å². The molecule has 0 bridgehead atoms. The number of aromatic nitrogens is 2. The van der Waals surface area contributed by atoms with Gasteiger partial charge in [0.25, 0.3) is 5.91 Å².